The summed E-state index contributed by atoms with van der Waals surface area (Å²) in [6.45, 7) is 7.93. The van der Waals surface area contributed by atoms with E-state index in [1.165, 1.54) is 7.11 Å². The molecule has 1 aliphatic rings. The average Bonchev–Trinajstić information content (AvgIpc) is 2.53. The van der Waals surface area contributed by atoms with Crippen LogP contribution in [0, 0.1) is 0 Å². The SMILES string of the molecule is COC(=O)N1CCN(C(=O)c2ccc(OC(C)(C)C)cc2)CC1. The number of benzene rings is 1. The molecule has 0 spiro atoms. The molecule has 2 rings (SSSR count). The van der Waals surface area contributed by atoms with Crippen LogP contribution in [0.15, 0.2) is 24.3 Å². The lowest BCUT2D eigenvalue weighted by Crippen LogP contribution is -2.50. The average molecular weight is 320 g/mol. The highest BCUT2D eigenvalue weighted by atomic mass is 16.5. The molecule has 0 unspecified atom stereocenters. The third-order valence-corrected chi connectivity index (χ3v) is 3.53. The van der Waals surface area contributed by atoms with Crippen LogP contribution in [-0.2, 0) is 4.74 Å². The second-order valence-corrected chi connectivity index (χ2v) is 6.49. The molecule has 6 heteroatoms. The lowest BCUT2D eigenvalue weighted by molar-refractivity contribution is 0.0599. The summed E-state index contributed by atoms with van der Waals surface area (Å²) in [7, 11) is 1.36. The summed E-state index contributed by atoms with van der Waals surface area (Å²) in [5, 5.41) is 0. The Morgan fingerprint density at radius 3 is 1.96 bits per heavy atom. The lowest BCUT2D eigenvalue weighted by atomic mass is 10.1. The van der Waals surface area contributed by atoms with Crippen LogP contribution >= 0.6 is 0 Å². The summed E-state index contributed by atoms with van der Waals surface area (Å²) >= 11 is 0. The molecule has 0 N–H and O–H groups in total. The van der Waals surface area contributed by atoms with Gasteiger partial charge >= 0.3 is 6.09 Å². The molecule has 1 aliphatic heterocycles. The van der Waals surface area contributed by atoms with Gasteiger partial charge in [-0.2, -0.15) is 0 Å². The molecule has 1 heterocycles. The zero-order chi connectivity index (χ0) is 17.0. The molecule has 0 aromatic heterocycles. The van der Waals surface area contributed by atoms with Gasteiger partial charge in [-0.15, -0.1) is 0 Å². The number of carbonyl (C=O) groups is 2. The van der Waals surface area contributed by atoms with E-state index in [2.05, 4.69) is 0 Å². The van der Waals surface area contributed by atoms with E-state index in [1.54, 1.807) is 21.9 Å². The number of hydrogen-bond donors (Lipinski definition) is 0. The van der Waals surface area contributed by atoms with Crippen molar-refractivity contribution in [2.24, 2.45) is 0 Å². The smallest absolute Gasteiger partial charge is 0.409 e. The standard InChI is InChI=1S/C17H24N2O4/c1-17(2,3)23-14-7-5-13(6-8-14)15(20)18-9-11-19(12-10-18)16(21)22-4/h5-8H,9-12H2,1-4H3. The van der Waals surface area contributed by atoms with Crippen LogP contribution in [-0.4, -0.2) is 60.7 Å². The molecule has 1 aromatic carbocycles. The van der Waals surface area contributed by atoms with Gasteiger partial charge in [-0.3, -0.25) is 4.79 Å². The zero-order valence-electron chi connectivity index (χ0n) is 14.2. The fraction of sp³-hybridized carbons (Fsp3) is 0.529. The van der Waals surface area contributed by atoms with Gasteiger partial charge in [0.1, 0.15) is 11.4 Å². The minimum atomic E-state index is -0.346. The van der Waals surface area contributed by atoms with Crippen LogP contribution in [0.5, 0.6) is 5.75 Å². The number of nitrogens with zero attached hydrogens (tertiary/aromatic N) is 2. The van der Waals surface area contributed by atoms with Crippen molar-refractivity contribution in [3.8, 4) is 5.75 Å². The molecule has 0 atom stereocenters. The molecule has 1 saturated heterocycles. The number of rotatable bonds is 2. The van der Waals surface area contributed by atoms with Crippen LogP contribution in [0.2, 0.25) is 0 Å². The summed E-state index contributed by atoms with van der Waals surface area (Å²) in [5.74, 6) is 0.710. The van der Waals surface area contributed by atoms with E-state index in [-0.39, 0.29) is 17.6 Å². The van der Waals surface area contributed by atoms with Crippen molar-refractivity contribution in [3.63, 3.8) is 0 Å². The minimum Gasteiger partial charge on any atom is -0.488 e. The number of piperazine rings is 1. The maximum Gasteiger partial charge on any atom is 0.409 e. The Bertz CT molecular complexity index is 555. The summed E-state index contributed by atoms with van der Waals surface area (Å²) in [6, 6.07) is 7.17. The highest BCUT2D eigenvalue weighted by Gasteiger charge is 2.25. The van der Waals surface area contributed by atoms with Gasteiger partial charge in [0.15, 0.2) is 0 Å². The normalized spacial score (nSPS) is 15.3. The Kier molecular flexibility index (Phi) is 5.13. The first kappa shape index (κ1) is 17.1. The molecule has 126 valence electrons. The van der Waals surface area contributed by atoms with E-state index < -0.39 is 0 Å². The van der Waals surface area contributed by atoms with Gasteiger partial charge in [-0.1, -0.05) is 0 Å². The maximum absolute atomic E-state index is 12.5. The van der Waals surface area contributed by atoms with Gasteiger partial charge in [0.2, 0.25) is 0 Å². The van der Waals surface area contributed by atoms with Gasteiger partial charge < -0.3 is 19.3 Å². The third-order valence-electron chi connectivity index (χ3n) is 3.53. The first-order valence-corrected chi connectivity index (χ1v) is 7.71. The Hall–Kier alpha value is -2.24. The lowest BCUT2D eigenvalue weighted by Gasteiger charge is -2.33. The van der Waals surface area contributed by atoms with Crippen LogP contribution in [0.1, 0.15) is 31.1 Å². The van der Waals surface area contributed by atoms with E-state index in [0.29, 0.717) is 31.7 Å². The minimum absolute atomic E-state index is 0.0307. The number of methoxy groups -OCH3 is 1. The highest BCUT2D eigenvalue weighted by Crippen LogP contribution is 2.19. The number of hydrogen-bond acceptors (Lipinski definition) is 4. The Labute approximate surface area is 137 Å². The molecule has 1 aromatic rings. The fourth-order valence-corrected chi connectivity index (χ4v) is 2.42. The molecule has 2 amide bonds. The summed E-state index contributed by atoms with van der Waals surface area (Å²) < 4.78 is 10.4. The second-order valence-electron chi connectivity index (χ2n) is 6.49. The van der Waals surface area contributed by atoms with Crippen LogP contribution in [0.25, 0.3) is 0 Å². The van der Waals surface area contributed by atoms with Crippen molar-refractivity contribution >= 4 is 12.0 Å². The van der Waals surface area contributed by atoms with E-state index in [4.69, 9.17) is 9.47 Å². The van der Waals surface area contributed by atoms with Crippen molar-refractivity contribution in [2.45, 2.75) is 26.4 Å². The monoisotopic (exact) mass is 320 g/mol. The van der Waals surface area contributed by atoms with E-state index in [1.807, 2.05) is 32.9 Å². The van der Waals surface area contributed by atoms with Gasteiger partial charge in [-0.05, 0) is 45.0 Å². The van der Waals surface area contributed by atoms with Gasteiger partial charge in [0.25, 0.3) is 5.91 Å². The highest BCUT2D eigenvalue weighted by molar-refractivity contribution is 5.94. The van der Waals surface area contributed by atoms with Gasteiger partial charge in [-0.25, -0.2) is 4.79 Å². The molecular formula is C17H24N2O4. The number of amides is 2. The van der Waals surface area contributed by atoms with E-state index >= 15 is 0 Å². The molecule has 0 aliphatic carbocycles. The molecule has 1 fully saturated rings. The predicted molar refractivity (Wildman–Crippen MR) is 86.7 cm³/mol. The van der Waals surface area contributed by atoms with Crippen molar-refractivity contribution in [3.05, 3.63) is 29.8 Å². The zero-order valence-corrected chi connectivity index (χ0v) is 14.2. The van der Waals surface area contributed by atoms with E-state index in [9.17, 15) is 9.59 Å². The van der Waals surface area contributed by atoms with Crippen LogP contribution in [0.3, 0.4) is 0 Å². The molecule has 0 radical (unpaired) electrons. The van der Waals surface area contributed by atoms with Gasteiger partial charge in [0.05, 0.1) is 7.11 Å². The van der Waals surface area contributed by atoms with Crippen molar-refractivity contribution in [1.29, 1.82) is 0 Å². The Morgan fingerprint density at radius 2 is 1.48 bits per heavy atom. The largest absolute Gasteiger partial charge is 0.488 e. The summed E-state index contributed by atoms with van der Waals surface area (Å²) in [4.78, 5) is 27.3. The predicted octanol–water partition coefficient (Wildman–Crippen LogP) is 2.39. The van der Waals surface area contributed by atoms with Crippen LogP contribution < -0.4 is 4.74 Å². The molecule has 6 nitrogen and oxygen atoms in total. The Morgan fingerprint density at radius 1 is 0.957 bits per heavy atom. The molecule has 0 bridgehead atoms. The van der Waals surface area contributed by atoms with Crippen molar-refractivity contribution in [2.75, 3.05) is 33.3 Å². The van der Waals surface area contributed by atoms with Gasteiger partial charge in [0, 0.05) is 31.7 Å². The number of ether oxygens (including phenoxy) is 2. The topological polar surface area (TPSA) is 59.1 Å². The third kappa shape index (κ3) is 4.61. The van der Waals surface area contributed by atoms with Crippen molar-refractivity contribution in [1.82, 2.24) is 9.80 Å². The first-order chi connectivity index (χ1) is 10.8. The molecular weight excluding hydrogens is 296 g/mol. The Balaban J connectivity index is 1.95. The van der Waals surface area contributed by atoms with E-state index in [0.717, 1.165) is 5.75 Å². The summed E-state index contributed by atoms with van der Waals surface area (Å²) in [6.07, 6.45) is -0.346. The summed E-state index contributed by atoms with van der Waals surface area (Å²) in [5.41, 5.74) is 0.355. The first-order valence-electron chi connectivity index (χ1n) is 7.71. The number of carbonyl (C=O) groups excluding carboxylic acids is 2. The quantitative estimate of drug-likeness (QED) is 0.839. The maximum atomic E-state index is 12.5. The second kappa shape index (κ2) is 6.89. The van der Waals surface area contributed by atoms with Crippen molar-refractivity contribution < 1.29 is 19.1 Å². The molecule has 0 saturated carbocycles. The fourth-order valence-electron chi connectivity index (χ4n) is 2.42. The molecule has 23 heavy (non-hydrogen) atoms. The van der Waals surface area contributed by atoms with Crippen LogP contribution in [0.4, 0.5) is 4.79 Å².